The number of fused-ring (bicyclic) bond motifs is 1. The Balaban J connectivity index is 1.68. The normalized spacial score (nSPS) is 12.3. The minimum absolute atomic E-state index is 0.191. The molecule has 0 saturated heterocycles. The molecule has 0 unspecified atom stereocenters. The summed E-state index contributed by atoms with van der Waals surface area (Å²) >= 11 is 2.91. The molecule has 2 heterocycles. The number of aromatic nitrogens is 2. The lowest BCUT2D eigenvalue weighted by Crippen LogP contribution is -2.18. The van der Waals surface area contributed by atoms with Gasteiger partial charge in [0.15, 0.2) is 11.9 Å². The van der Waals surface area contributed by atoms with Crippen molar-refractivity contribution in [2.24, 2.45) is 0 Å². The number of esters is 1. The fourth-order valence-electron chi connectivity index (χ4n) is 2.70. The van der Waals surface area contributed by atoms with Crippen LogP contribution in [0.25, 0.3) is 10.2 Å². The number of aromatic amines is 1. The average molecular weight is 403 g/mol. The topological polar surface area (TPSA) is 72.0 Å². The maximum absolute atomic E-state index is 12.4. The lowest BCUT2D eigenvalue weighted by atomic mass is 10.1. The highest BCUT2D eigenvalue weighted by atomic mass is 32.2. The van der Waals surface area contributed by atoms with E-state index < -0.39 is 6.10 Å². The standard InChI is InChI=1S/C20H22N2O3S2/c1-10-6-7-15(8-11(10)2)26-9-16(23)25-13(4)18-21-19(24)17-12(3)14(5)27-20(17)22-18/h6-8,13H,9H2,1-5H3,(H,21,22,24)/t13-/m0/s1. The van der Waals surface area contributed by atoms with Crippen LogP contribution in [-0.2, 0) is 9.53 Å². The Kier molecular flexibility index (Phi) is 5.72. The van der Waals surface area contributed by atoms with Gasteiger partial charge in [-0.2, -0.15) is 0 Å². The first-order valence-corrected chi connectivity index (χ1v) is 10.5. The number of thiophene rings is 1. The molecule has 142 valence electrons. The van der Waals surface area contributed by atoms with Gasteiger partial charge >= 0.3 is 5.97 Å². The minimum atomic E-state index is -0.613. The van der Waals surface area contributed by atoms with Gasteiger partial charge in [-0.1, -0.05) is 6.07 Å². The third kappa shape index (κ3) is 4.25. The van der Waals surface area contributed by atoms with Crippen molar-refractivity contribution in [3.05, 3.63) is 55.9 Å². The van der Waals surface area contributed by atoms with Crippen LogP contribution in [0.1, 0.15) is 40.4 Å². The molecule has 1 atom stereocenters. The first kappa shape index (κ1) is 19.6. The van der Waals surface area contributed by atoms with E-state index in [2.05, 4.69) is 23.0 Å². The molecule has 0 saturated carbocycles. The maximum atomic E-state index is 12.4. The van der Waals surface area contributed by atoms with Gasteiger partial charge in [-0.25, -0.2) is 4.98 Å². The van der Waals surface area contributed by atoms with Gasteiger partial charge in [0.05, 0.1) is 11.1 Å². The van der Waals surface area contributed by atoms with Gasteiger partial charge in [0.25, 0.3) is 5.56 Å². The number of carbonyl (C=O) groups excluding carboxylic acids is 1. The van der Waals surface area contributed by atoms with Gasteiger partial charge in [0.1, 0.15) is 4.83 Å². The molecule has 0 radical (unpaired) electrons. The van der Waals surface area contributed by atoms with Crippen LogP contribution in [0, 0.1) is 27.7 Å². The van der Waals surface area contributed by atoms with Crippen LogP contribution < -0.4 is 5.56 Å². The largest absolute Gasteiger partial charge is 0.454 e. The third-order valence-corrected chi connectivity index (χ3v) is 6.65. The Bertz CT molecular complexity index is 1070. The van der Waals surface area contributed by atoms with E-state index in [0.717, 1.165) is 15.3 Å². The minimum Gasteiger partial charge on any atom is -0.454 e. The molecule has 0 spiro atoms. The second kappa shape index (κ2) is 7.86. The van der Waals surface area contributed by atoms with E-state index in [-0.39, 0.29) is 17.3 Å². The number of hydrogen-bond donors (Lipinski definition) is 1. The van der Waals surface area contributed by atoms with Crippen LogP contribution in [0.5, 0.6) is 0 Å². The molecule has 3 aromatic rings. The zero-order chi connectivity index (χ0) is 19.7. The molecular weight excluding hydrogens is 380 g/mol. The molecule has 0 aliphatic rings. The predicted octanol–water partition coefficient (Wildman–Crippen LogP) is 4.61. The summed E-state index contributed by atoms with van der Waals surface area (Å²) in [7, 11) is 0. The summed E-state index contributed by atoms with van der Waals surface area (Å²) in [6.07, 6.45) is -0.613. The molecule has 27 heavy (non-hydrogen) atoms. The third-order valence-electron chi connectivity index (χ3n) is 4.59. The molecule has 0 aliphatic heterocycles. The summed E-state index contributed by atoms with van der Waals surface area (Å²) in [5.74, 6) is 0.238. The quantitative estimate of drug-likeness (QED) is 0.498. The van der Waals surface area contributed by atoms with Crippen molar-refractivity contribution in [2.45, 2.75) is 45.6 Å². The van der Waals surface area contributed by atoms with E-state index >= 15 is 0 Å². The summed E-state index contributed by atoms with van der Waals surface area (Å²) < 4.78 is 5.47. The van der Waals surface area contributed by atoms with Crippen LogP contribution in [0.2, 0.25) is 0 Å². The fraction of sp³-hybridized carbons (Fsp3) is 0.350. The molecule has 1 aromatic carbocycles. The number of nitrogens with one attached hydrogen (secondary N) is 1. The SMILES string of the molecule is Cc1ccc(SCC(=O)O[C@@H](C)c2nc3sc(C)c(C)c3c(=O)[nH]2)cc1C. The Morgan fingerprint density at radius 1 is 1.26 bits per heavy atom. The monoisotopic (exact) mass is 402 g/mol. The molecule has 0 bridgehead atoms. The zero-order valence-corrected chi connectivity index (χ0v) is 17.6. The first-order valence-electron chi connectivity index (χ1n) is 8.65. The van der Waals surface area contributed by atoms with Gasteiger partial charge in [-0.3, -0.25) is 9.59 Å². The number of carbonyl (C=O) groups is 1. The number of aryl methyl sites for hydroxylation is 4. The number of H-pyrrole nitrogens is 1. The molecule has 2 aromatic heterocycles. The number of benzene rings is 1. The van der Waals surface area contributed by atoms with Gasteiger partial charge in [0.2, 0.25) is 0 Å². The average Bonchev–Trinajstić information content (AvgIpc) is 2.90. The van der Waals surface area contributed by atoms with Crippen molar-refractivity contribution in [3.63, 3.8) is 0 Å². The summed E-state index contributed by atoms with van der Waals surface area (Å²) in [6.45, 7) is 9.70. The maximum Gasteiger partial charge on any atom is 0.316 e. The van der Waals surface area contributed by atoms with Crippen LogP contribution >= 0.6 is 23.1 Å². The highest BCUT2D eigenvalue weighted by Gasteiger charge is 2.18. The number of hydrogen-bond acceptors (Lipinski definition) is 6. The van der Waals surface area contributed by atoms with Crippen molar-refractivity contribution < 1.29 is 9.53 Å². The molecule has 7 heteroatoms. The van der Waals surface area contributed by atoms with E-state index in [4.69, 9.17) is 4.74 Å². The molecule has 3 rings (SSSR count). The summed E-state index contributed by atoms with van der Waals surface area (Å²) in [4.78, 5) is 34.6. The highest BCUT2D eigenvalue weighted by Crippen LogP contribution is 2.27. The predicted molar refractivity (Wildman–Crippen MR) is 111 cm³/mol. The summed E-state index contributed by atoms with van der Waals surface area (Å²) in [6, 6.07) is 6.10. The van der Waals surface area contributed by atoms with Gasteiger partial charge in [0, 0.05) is 9.77 Å². The Labute approximate surface area is 166 Å². The number of nitrogens with zero attached hydrogens (tertiary/aromatic N) is 1. The van der Waals surface area contributed by atoms with Gasteiger partial charge < -0.3 is 9.72 Å². The van der Waals surface area contributed by atoms with E-state index in [1.807, 2.05) is 32.9 Å². The van der Waals surface area contributed by atoms with Crippen molar-refractivity contribution in [3.8, 4) is 0 Å². The summed E-state index contributed by atoms with van der Waals surface area (Å²) in [5.41, 5.74) is 3.17. The van der Waals surface area contributed by atoms with E-state index in [1.165, 1.54) is 34.2 Å². The van der Waals surface area contributed by atoms with Crippen LogP contribution in [-0.4, -0.2) is 21.7 Å². The Morgan fingerprint density at radius 3 is 2.70 bits per heavy atom. The van der Waals surface area contributed by atoms with Crippen LogP contribution in [0.15, 0.2) is 27.9 Å². The van der Waals surface area contributed by atoms with E-state index in [9.17, 15) is 9.59 Å². The number of rotatable bonds is 5. The number of thioether (sulfide) groups is 1. The van der Waals surface area contributed by atoms with Crippen LogP contribution in [0.4, 0.5) is 0 Å². The second-order valence-corrected chi connectivity index (χ2v) is 8.83. The van der Waals surface area contributed by atoms with E-state index in [0.29, 0.717) is 16.0 Å². The van der Waals surface area contributed by atoms with Gasteiger partial charge in [-0.15, -0.1) is 23.1 Å². The smallest absolute Gasteiger partial charge is 0.316 e. The zero-order valence-electron chi connectivity index (χ0n) is 16.0. The lowest BCUT2D eigenvalue weighted by Gasteiger charge is -2.12. The molecule has 0 amide bonds. The fourth-order valence-corrected chi connectivity index (χ4v) is 4.51. The van der Waals surface area contributed by atoms with Crippen molar-refractivity contribution in [2.75, 3.05) is 5.75 Å². The highest BCUT2D eigenvalue weighted by molar-refractivity contribution is 8.00. The molecule has 5 nitrogen and oxygen atoms in total. The molecule has 0 fully saturated rings. The van der Waals surface area contributed by atoms with Crippen molar-refractivity contribution in [1.29, 1.82) is 0 Å². The Morgan fingerprint density at radius 2 is 2.00 bits per heavy atom. The van der Waals surface area contributed by atoms with Crippen molar-refractivity contribution in [1.82, 2.24) is 9.97 Å². The molecule has 1 N–H and O–H groups in total. The van der Waals surface area contributed by atoms with Crippen LogP contribution in [0.3, 0.4) is 0 Å². The van der Waals surface area contributed by atoms with Gasteiger partial charge in [-0.05, 0) is 63.4 Å². The van der Waals surface area contributed by atoms with E-state index in [1.54, 1.807) is 6.92 Å². The van der Waals surface area contributed by atoms with Crippen molar-refractivity contribution >= 4 is 39.3 Å². The second-order valence-electron chi connectivity index (χ2n) is 6.58. The first-order chi connectivity index (χ1) is 12.8. The molecular formula is C20H22N2O3S2. The number of ether oxygens (including phenoxy) is 1. The Hall–Kier alpha value is -2.12. The summed E-state index contributed by atoms with van der Waals surface area (Å²) in [5, 5.41) is 0.616. The molecule has 0 aliphatic carbocycles. The lowest BCUT2D eigenvalue weighted by molar-refractivity contribution is -0.145.